The predicted molar refractivity (Wildman–Crippen MR) is 89.5 cm³/mol. The number of halogens is 1. The first-order chi connectivity index (χ1) is 10.6. The van der Waals surface area contributed by atoms with Gasteiger partial charge in [0.15, 0.2) is 0 Å². The number of thiophene rings is 1. The van der Waals surface area contributed by atoms with Crippen molar-refractivity contribution in [2.45, 2.75) is 4.90 Å². The molecular weight excluding hydrogens is 340 g/mol. The highest BCUT2D eigenvalue weighted by Gasteiger charge is 2.26. The molecule has 3 aromatic rings. The van der Waals surface area contributed by atoms with Crippen LogP contribution in [0.5, 0.6) is 0 Å². The third-order valence-electron chi connectivity index (χ3n) is 3.06. The van der Waals surface area contributed by atoms with Crippen molar-refractivity contribution in [2.24, 2.45) is 0 Å². The van der Waals surface area contributed by atoms with Crippen LogP contribution in [-0.2, 0) is 10.0 Å². The van der Waals surface area contributed by atoms with E-state index in [1.165, 1.54) is 23.5 Å². The van der Waals surface area contributed by atoms with Crippen LogP contribution in [0.1, 0.15) is 0 Å². The van der Waals surface area contributed by atoms with E-state index < -0.39 is 10.0 Å². The van der Waals surface area contributed by atoms with E-state index in [-0.39, 0.29) is 4.90 Å². The van der Waals surface area contributed by atoms with Crippen molar-refractivity contribution < 1.29 is 8.42 Å². The largest absolute Gasteiger partial charge is 0.278 e. The summed E-state index contributed by atoms with van der Waals surface area (Å²) < 4.78 is 26.0. The Balaban J connectivity index is 2.04. The molecule has 0 N–H and O–H groups in total. The third-order valence-corrected chi connectivity index (χ3v) is 6.00. The Morgan fingerprint density at radius 3 is 2.50 bits per heavy atom. The predicted octanol–water partition coefficient (Wildman–Crippen LogP) is 4.16. The van der Waals surface area contributed by atoms with Gasteiger partial charge in [0.1, 0.15) is 0 Å². The number of anilines is 1. The van der Waals surface area contributed by atoms with E-state index in [2.05, 4.69) is 4.98 Å². The number of rotatable bonds is 4. The van der Waals surface area contributed by atoms with Crippen LogP contribution in [0.4, 0.5) is 5.69 Å². The molecule has 0 radical (unpaired) electrons. The van der Waals surface area contributed by atoms with Crippen LogP contribution in [-0.4, -0.2) is 13.4 Å². The topological polar surface area (TPSA) is 50.3 Å². The van der Waals surface area contributed by atoms with Crippen LogP contribution in [0.2, 0.25) is 0 Å². The summed E-state index contributed by atoms with van der Waals surface area (Å²) in [5.41, 5.74) is 1.96. The molecule has 0 aliphatic rings. The van der Waals surface area contributed by atoms with Gasteiger partial charge < -0.3 is 0 Å². The number of pyridine rings is 1. The van der Waals surface area contributed by atoms with Crippen molar-refractivity contribution in [2.75, 3.05) is 3.82 Å². The van der Waals surface area contributed by atoms with Crippen LogP contribution < -0.4 is 3.82 Å². The molecule has 22 heavy (non-hydrogen) atoms. The SMILES string of the molecule is O=S(=O)(c1ccccc1)N(Cl)c1cscc1-c1cccnc1. The van der Waals surface area contributed by atoms with E-state index in [1.807, 2.05) is 11.4 Å². The molecule has 0 saturated heterocycles. The van der Waals surface area contributed by atoms with E-state index in [9.17, 15) is 8.42 Å². The molecule has 4 nitrogen and oxygen atoms in total. The zero-order valence-electron chi connectivity index (χ0n) is 11.3. The molecular formula is C15H11ClN2O2S2. The van der Waals surface area contributed by atoms with E-state index >= 15 is 0 Å². The monoisotopic (exact) mass is 350 g/mol. The fraction of sp³-hybridized carbons (Fsp3) is 0. The molecule has 2 heterocycles. The highest BCUT2D eigenvalue weighted by atomic mass is 35.5. The van der Waals surface area contributed by atoms with E-state index in [1.54, 1.807) is 42.0 Å². The lowest BCUT2D eigenvalue weighted by molar-refractivity contribution is 0.598. The van der Waals surface area contributed by atoms with Crippen LogP contribution in [0.15, 0.2) is 70.5 Å². The molecule has 0 aliphatic carbocycles. The van der Waals surface area contributed by atoms with Gasteiger partial charge in [-0.15, -0.1) is 11.3 Å². The van der Waals surface area contributed by atoms with Crippen molar-refractivity contribution in [3.63, 3.8) is 0 Å². The Labute approximate surface area is 137 Å². The lowest BCUT2D eigenvalue weighted by Gasteiger charge is -2.16. The van der Waals surface area contributed by atoms with Crippen LogP contribution in [0.3, 0.4) is 0 Å². The highest BCUT2D eigenvalue weighted by Crippen LogP contribution is 2.37. The van der Waals surface area contributed by atoms with Crippen LogP contribution in [0, 0.1) is 0 Å². The lowest BCUT2D eigenvalue weighted by Crippen LogP contribution is -2.21. The zero-order chi connectivity index (χ0) is 15.6. The second kappa shape index (κ2) is 6.08. The first-order valence-corrected chi connectivity index (χ1v) is 9.05. The molecule has 0 spiro atoms. The van der Waals surface area contributed by atoms with Crippen LogP contribution in [0.25, 0.3) is 11.1 Å². The summed E-state index contributed by atoms with van der Waals surface area (Å²) in [6, 6.07) is 11.8. The van der Waals surface area contributed by atoms with Crippen LogP contribution >= 0.6 is 23.1 Å². The minimum atomic E-state index is -3.81. The van der Waals surface area contributed by atoms with Gasteiger partial charge in [0, 0.05) is 46.1 Å². The Hall–Kier alpha value is -1.89. The van der Waals surface area contributed by atoms with Gasteiger partial charge >= 0.3 is 0 Å². The van der Waals surface area contributed by atoms with Crippen molar-refractivity contribution in [3.8, 4) is 11.1 Å². The molecule has 3 rings (SSSR count). The first-order valence-electron chi connectivity index (χ1n) is 6.33. The summed E-state index contributed by atoms with van der Waals surface area (Å²) in [5.74, 6) is 0. The maximum Gasteiger partial charge on any atom is 0.278 e. The second-order valence-electron chi connectivity index (χ2n) is 4.45. The maximum absolute atomic E-state index is 12.6. The van der Waals surface area contributed by atoms with Gasteiger partial charge in [-0.2, -0.15) is 12.2 Å². The van der Waals surface area contributed by atoms with E-state index in [4.69, 9.17) is 11.8 Å². The van der Waals surface area contributed by atoms with Gasteiger partial charge in [-0.3, -0.25) is 4.98 Å². The van der Waals surface area contributed by atoms with Gasteiger partial charge in [0.05, 0.1) is 10.6 Å². The highest BCUT2D eigenvalue weighted by molar-refractivity contribution is 7.94. The quantitative estimate of drug-likeness (QED) is 0.664. The number of nitrogens with zero attached hydrogens (tertiary/aromatic N) is 2. The first kappa shape index (κ1) is 15.0. The third kappa shape index (κ3) is 2.72. The summed E-state index contributed by atoms with van der Waals surface area (Å²) in [5, 5.41) is 3.55. The molecule has 0 aliphatic heterocycles. The summed E-state index contributed by atoms with van der Waals surface area (Å²) in [6.07, 6.45) is 3.33. The molecule has 1 aromatic carbocycles. The van der Waals surface area contributed by atoms with Gasteiger partial charge in [-0.1, -0.05) is 24.3 Å². The Bertz CT molecular complexity index is 865. The summed E-state index contributed by atoms with van der Waals surface area (Å²) >= 11 is 7.54. The Morgan fingerprint density at radius 2 is 1.82 bits per heavy atom. The molecule has 0 saturated carbocycles. The second-order valence-corrected chi connectivity index (χ2v) is 7.51. The van der Waals surface area contributed by atoms with Gasteiger partial charge in [0.25, 0.3) is 10.0 Å². The fourth-order valence-corrected chi connectivity index (χ4v) is 4.40. The number of sulfonamides is 1. The summed E-state index contributed by atoms with van der Waals surface area (Å²) in [4.78, 5) is 4.20. The van der Waals surface area contributed by atoms with Gasteiger partial charge in [0.2, 0.25) is 0 Å². The Kier molecular flexibility index (Phi) is 4.15. The number of aromatic nitrogens is 1. The molecule has 0 bridgehead atoms. The molecule has 112 valence electrons. The molecule has 0 fully saturated rings. The van der Waals surface area contributed by atoms with Crippen molar-refractivity contribution in [3.05, 3.63) is 65.6 Å². The zero-order valence-corrected chi connectivity index (χ0v) is 13.6. The van der Waals surface area contributed by atoms with Gasteiger partial charge in [-0.05, 0) is 18.2 Å². The normalized spacial score (nSPS) is 11.3. The number of hydrogen-bond donors (Lipinski definition) is 0. The average Bonchev–Trinajstić information content (AvgIpc) is 3.05. The maximum atomic E-state index is 12.6. The van der Waals surface area contributed by atoms with E-state index in [0.29, 0.717) is 5.69 Å². The van der Waals surface area contributed by atoms with Crippen molar-refractivity contribution >= 4 is 38.8 Å². The lowest BCUT2D eigenvalue weighted by atomic mass is 10.1. The molecule has 0 amide bonds. The molecule has 7 heteroatoms. The minimum Gasteiger partial charge on any atom is -0.264 e. The van der Waals surface area contributed by atoms with Gasteiger partial charge in [-0.25, -0.2) is 0 Å². The average molecular weight is 351 g/mol. The summed E-state index contributed by atoms with van der Waals surface area (Å²) in [7, 11) is -3.81. The smallest absolute Gasteiger partial charge is 0.264 e. The molecule has 0 atom stereocenters. The Morgan fingerprint density at radius 1 is 1.05 bits per heavy atom. The standard InChI is InChI=1S/C15H11ClN2O2S2/c16-18(22(19,20)13-6-2-1-3-7-13)15-11-21-10-14(15)12-5-4-8-17-9-12/h1-11H. The summed E-state index contributed by atoms with van der Waals surface area (Å²) in [6.45, 7) is 0. The van der Waals surface area contributed by atoms with E-state index in [0.717, 1.165) is 15.0 Å². The molecule has 2 aromatic heterocycles. The fourth-order valence-electron chi connectivity index (χ4n) is 1.98. The number of benzene rings is 1. The van der Waals surface area contributed by atoms with Crippen molar-refractivity contribution in [1.29, 1.82) is 0 Å². The van der Waals surface area contributed by atoms with Crippen molar-refractivity contribution in [1.82, 2.24) is 4.98 Å². The molecule has 0 unspecified atom stereocenters. The number of hydrogen-bond acceptors (Lipinski definition) is 4. The minimum absolute atomic E-state index is 0.147.